The molecule has 0 aliphatic heterocycles. The minimum absolute atomic E-state index is 0.0455. The lowest BCUT2D eigenvalue weighted by molar-refractivity contribution is 0.550. The van der Waals surface area contributed by atoms with Crippen molar-refractivity contribution in [3.8, 4) is 0 Å². The molecule has 1 aliphatic rings. The summed E-state index contributed by atoms with van der Waals surface area (Å²) in [5.41, 5.74) is 9.03. The van der Waals surface area contributed by atoms with Crippen LogP contribution in [0.3, 0.4) is 0 Å². The lowest BCUT2D eigenvalue weighted by Gasteiger charge is -2.22. The summed E-state index contributed by atoms with van der Waals surface area (Å²) in [6.07, 6.45) is 6.43. The van der Waals surface area contributed by atoms with Gasteiger partial charge in [0.1, 0.15) is 0 Å². The molecule has 0 spiro atoms. The van der Waals surface area contributed by atoms with E-state index in [1.165, 1.54) is 24.0 Å². The van der Waals surface area contributed by atoms with E-state index in [-0.39, 0.29) is 11.3 Å². The Morgan fingerprint density at radius 1 is 1.26 bits per heavy atom. The van der Waals surface area contributed by atoms with E-state index in [1.54, 1.807) is 0 Å². The zero-order valence-corrected chi connectivity index (χ0v) is 12.8. The van der Waals surface area contributed by atoms with E-state index in [4.69, 9.17) is 5.73 Å². The second-order valence-corrected chi connectivity index (χ2v) is 7.15. The summed E-state index contributed by atoms with van der Waals surface area (Å²) in [5, 5.41) is 0.0828. The van der Waals surface area contributed by atoms with Crippen LogP contribution < -0.4 is 5.73 Å². The van der Waals surface area contributed by atoms with Crippen molar-refractivity contribution in [2.45, 2.75) is 68.6 Å². The monoisotopic (exact) mass is 279 g/mol. The first kappa shape index (κ1) is 14.7. The maximum Gasteiger partial charge on any atom is 0.0576 e. The Morgan fingerprint density at radius 3 is 2.68 bits per heavy atom. The van der Waals surface area contributed by atoms with Gasteiger partial charge in [-0.25, -0.2) is 0 Å². The molecule has 3 unspecified atom stereocenters. The first-order chi connectivity index (χ1) is 9.17. The summed E-state index contributed by atoms with van der Waals surface area (Å²) in [4.78, 5) is 0.971. The number of hydrogen-bond donors (Lipinski definition) is 1. The molecular weight excluding hydrogens is 254 g/mol. The Kier molecular flexibility index (Phi) is 5.17. The van der Waals surface area contributed by atoms with Crippen LogP contribution in [0.5, 0.6) is 0 Å². The van der Waals surface area contributed by atoms with Gasteiger partial charge in [-0.05, 0) is 55.4 Å². The maximum atomic E-state index is 12.7. The first-order valence-corrected chi connectivity index (χ1v) is 8.66. The van der Waals surface area contributed by atoms with Gasteiger partial charge in [0, 0.05) is 10.9 Å². The first-order valence-electron chi connectivity index (χ1n) is 7.45. The van der Waals surface area contributed by atoms with Crippen LogP contribution in [0.25, 0.3) is 0 Å². The number of aryl methyl sites for hydroxylation is 2. The number of hydrogen-bond acceptors (Lipinski definition) is 2. The Bertz CT molecular complexity index is 458. The Labute approximate surface area is 119 Å². The maximum absolute atomic E-state index is 12.7. The summed E-state index contributed by atoms with van der Waals surface area (Å²) in [5.74, 6) is 0. The Hall–Kier alpha value is -0.670. The summed E-state index contributed by atoms with van der Waals surface area (Å²) in [6.45, 7) is 4.22. The number of nitrogens with two attached hydrogens (primary N) is 1. The van der Waals surface area contributed by atoms with E-state index in [1.807, 2.05) is 6.07 Å². The summed E-state index contributed by atoms with van der Waals surface area (Å²) < 4.78 is 12.7. The quantitative estimate of drug-likeness (QED) is 0.869. The van der Waals surface area contributed by atoms with Crippen LogP contribution in [-0.2, 0) is 23.6 Å². The summed E-state index contributed by atoms with van der Waals surface area (Å²) in [7, 11) is -0.970. The van der Waals surface area contributed by atoms with Crippen molar-refractivity contribution in [1.29, 1.82) is 0 Å². The molecule has 2 nitrogen and oxygen atoms in total. The van der Waals surface area contributed by atoms with Crippen LogP contribution in [0.2, 0.25) is 0 Å². The lowest BCUT2D eigenvalue weighted by atomic mass is 10.1. The highest BCUT2D eigenvalue weighted by molar-refractivity contribution is 7.85. The van der Waals surface area contributed by atoms with Crippen molar-refractivity contribution in [2.24, 2.45) is 5.73 Å². The molecule has 1 aromatic carbocycles. The van der Waals surface area contributed by atoms with Crippen molar-refractivity contribution < 1.29 is 4.21 Å². The predicted octanol–water partition coefficient (Wildman–Crippen LogP) is 3.19. The molecule has 0 heterocycles. The average Bonchev–Trinajstić information content (AvgIpc) is 2.86. The molecule has 3 atom stereocenters. The van der Waals surface area contributed by atoms with Gasteiger partial charge < -0.3 is 5.73 Å². The number of fused-ring (bicyclic) bond motifs is 1. The fourth-order valence-corrected chi connectivity index (χ4v) is 4.55. The van der Waals surface area contributed by atoms with Gasteiger partial charge in [0.25, 0.3) is 0 Å². The molecule has 1 aromatic rings. The van der Waals surface area contributed by atoms with Crippen LogP contribution in [0.1, 0.15) is 50.7 Å². The Morgan fingerprint density at radius 2 is 2.00 bits per heavy atom. The molecule has 19 heavy (non-hydrogen) atoms. The molecular formula is C16H25NOS. The summed E-state index contributed by atoms with van der Waals surface area (Å²) in [6, 6.07) is 6.40. The molecule has 0 saturated heterocycles. The van der Waals surface area contributed by atoms with Crippen molar-refractivity contribution in [3.63, 3.8) is 0 Å². The van der Waals surface area contributed by atoms with Gasteiger partial charge in [0.2, 0.25) is 0 Å². The molecule has 0 fully saturated rings. The van der Waals surface area contributed by atoms with Crippen LogP contribution in [-0.4, -0.2) is 15.5 Å². The van der Waals surface area contributed by atoms with Crippen molar-refractivity contribution >= 4 is 10.8 Å². The van der Waals surface area contributed by atoms with Gasteiger partial charge in [0.05, 0.1) is 16.0 Å². The van der Waals surface area contributed by atoms with Gasteiger partial charge in [-0.15, -0.1) is 0 Å². The molecule has 2 rings (SSSR count). The fraction of sp³-hybridized carbons (Fsp3) is 0.625. The van der Waals surface area contributed by atoms with Crippen LogP contribution >= 0.6 is 0 Å². The zero-order valence-electron chi connectivity index (χ0n) is 12.0. The second-order valence-electron chi connectivity index (χ2n) is 5.48. The van der Waals surface area contributed by atoms with Crippen LogP contribution in [0.4, 0.5) is 0 Å². The third-order valence-electron chi connectivity index (χ3n) is 4.08. The van der Waals surface area contributed by atoms with E-state index in [9.17, 15) is 4.21 Å². The topological polar surface area (TPSA) is 43.1 Å². The van der Waals surface area contributed by atoms with Crippen LogP contribution in [0, 0.1) is 0 Å². The second kappa shape index (κ2) is 6.67. The van der Waals surface area contributed by atoms with E-state index in [0.29, 0.717) is 0 Å². The van der Waals surface area contributed by atoms with Gasteiger partial charge in [-0.3, -0.25) is 4.21 Å². The van der Waals surface area contributed by atoms with Gasteiger partial charge in [0.15, 0.2) is 0 Å². The molecule has 0 saturated carbocycles. The fourth-order valence-electron chi connectivity index (χ4n) is 2.98. The molecule has 0 radical (unpaired) electrons. The minimum Gasteiger partial charge on any atom is -0.327 e. The van der Waals surface area contributed by atoms with Gasteiger partial charge >= 0.3 is 0 Å². The SMILES string of the molecule is CCCC(N)C(CC)S(=O)c1ccc2c(c1)CCC2. The third-order valence-corrected chi connectivity index (χ3v) is 6.03. The molecule has 0 aromatic heterocycles. The van der Waals surface area contributed by atoms with Gasteiger partial charge in [-0.1, -0.05) is 26.3 Å². The largest absolute Gasteiger partial charge is 0.327 e. The minimum atomic E-state index is -0.970. The lowest BCUT2D eigenvalue weighted by Crippen LogP contribution is -2.37. The molecule has 0 amide bonds. The highest BCUT2D eigenvalue weighted by atomic mass is 32.2. The van der Waals surface area contributed by atoms with E-state index in [0.717, 1.165) is 30.6 Å². The van der Waals surface area contributed by atoms with E-state index in [2.05, 4.69) is 26.0 Å². The van der Waals surface area contributed by atoms with E-state index >= 15 is 0 Å². The molecule has 106 valence electrons. The normalized spacial score (nSPS) is 18.9. The van der Waals surface area contributed by atoms with Gasteiger partial charge in [-0.2, -0.15) is 0 Å². The van der Waals surface area contributed by atoms with Crippen molar-refractivity contribution in [1.82, 2.24) is 0 Å². The average molecular weight is 279 g/mol. The van der Waals surface area contributed by atoms with Crippen molar-refractivity contribution in [2.75, 3.05) is 0 Å². The number of rotatable bonds is 6. The smallest absolute Gasteiger partial charge is 0.0576 e. The highest BCUT2D eigenvalue weighted by Gasteiger charge is 2.24. The number of benzene rings is 1. The molecule has 3 heteroatoms. The predicted molar refractivity (Wildman–Crippen MR) is 81.8 cm³/mol. The van der Waals surface area contributed by atoms with E-state index < -0.39 is 10.8 Å². The molecule has 1 aliphatic carbocycles. The standard InChI is InChI=1S/C16H25NOS/c1-3-6-15(17)16(4-2)19(18)14-10-9-12-7-5-8-13(12)11-14/h9-11,15-16H,3-8,17H2,1-2H3. The summed E-state index contributed by atoms with van der Waals surface area (Å²) >= 11 is 0. The van der Waals surface area contributed by atoms with Crippen LogP contribution in [0.15, 0.2) is 23.1 Å². The zero-order chi connectivity index (χ0) is 13.8. The highest BCUT2D eigenvalue weighted by Crippen LogP contribution is 2.26. The van der Waals surface area contributed by atoms with Crippen molar-refractivity contribution in [3.05, 3.63) is 29.3 Å². The molecule has 0 bridgehead atoms. The third kappa shape index (κ3) is 3.26. The Balaban J connectivity index is 2.17. The molecule has 2 N–H and O–H groups in total.